The lowest BCUT2D eigenvalue weighted by Gasteiger charge is -2.28. The smallest absolute Gasteiger partial charge is 0.253 e. The number of carbonyl (C=O) groups is 1. The van der Waals surface area contributed by atoms with Gasteiger partial charge in [0.25, 0.3) is 5.91 Å². The fourth-order valence-corrected chi connectivity index (χ4v) is 4.53. The molecule has 1 aliphatic carbocycles. The van der Waals surface area contributed by atoms with Gasteiger partial charge in [0.2, 0.25) is 0 Å². The number of aliphatic imine (C=N–C) groups is 1. The van der Waals surface area contributed by atoms with Crippen molar-refractivity contribution in [1.29, 1.82) is 0 Å². The summed E-state index contributed by atoms with van der Waals surface area (Å²) in [6.45, 7) is 5.97. The summed E-state index contributed by atoms with van der Waals surface area (Å²) in [7, 11) is 0. The highest BCUT2D eigenvalue weighted by Gasteiger charge is 2.34. The molecular formula is C30H32FN5O2. The molecule has 3 aromatic heterocycles. The normalized spacial score (nSPS) is 20.1. The largest absolute Gasteiger partial charge is 0.371 e. The first-order valence-electron chi connectivity index (χ1n) is 13.0. The molecule has 7 nitrogen and oxygen atoms in total. The van der Waals surface area contributed by atoms with Gasteiger partial charge >= 0.3 is 0 Å². The minimum atomic E-state index is -1.68. The number of aromatic nitrogens is 3. The number of rotatable bonds is 8. The van der Waals surface area contributed by atoms with E-state index in [2.05, 4.69) is 33.3 Å². The van der Waals surface area contributed by atoms with E-state index in [0.29, 0.717) is 28.4 Å². The third kappa shape index (κ3) is 5.86. The van der Waals surface area contributed by atoms with Crippen molar-refractivity contribution in [2.24, 2.45) is 10.9 Å². The molecule has 0 bridgehead atoms. The maximum atomic E-state index is 14.8. The minimum Gasteiger partial charge on any atom is -0.371 e. The fraction of sp³-hybridized carbons (Fsp3) is 0.367. The zero-order valence-electron chi connectivity index (χ0n) is 22.0. The van der Waals surface area contributed by atoms with Gasteiger partial charge in [-0.25, -0.2) is 9.37 Å². The van der Waals surface area contributed by atoms with Crippen LogP contribution in [0.15, 0.2) is 59.5 Å². The number of allylic oxidation sites excluding steroid dienone is 3. The summed E-state index contributed by atoms with van der Waals surface area (Å²) in [5.41, 5.74) is 4.12. The van der Waals surface area contributed by atoms with Crippen molar-refractivity contribution >= 4 is 28.6 Å². The molecule has 3 aromatic rings. The van der Waals surface area contributed by atoms with Crippen LogP contribution in [0.25, 0.3) is 16.5 Å². The van der Waals surface area contributed by atoms with Crippen molar-refractivity contribution in [1.82, 2.24) is 20.3 Å². The Hall–Kier alpha value is -3.78. The Morgan fingerprint density at radius 2 is 2.11 bits per heavy atom. The maximum Gasteiger partial charge on any atom is 0.253 e. The SMILES string of the molecule is CC/C=C(/C=N/C=C(\C)c1ccc2cnc(CNC(=O)c3cnc4c(c3)[C@](C)(F)COC4)cc2n1)C1CC1. The van der Waals surface area contributed by atoms with Gasteiger partial charge in [0.05, 0.1) is 47.9 Å². The Labute approximate surface area is 222 Å². The van der Waals surface area contributed by atoms with Crippen LogP contribution in [0.1, 0.15) is 73.0 Å². The molecule has 196 valence electrons. The van der Waals surface area contributed by atoms with Crippen molar-refractivity contribution in [3.63, 3.8) is 0 Å². The predicted octanol–water partition coefficient (Wildman–Crippen LogP) is 5.85. The molecule has 1 amide bonds. The number of hydrogen-bond donors (Lipinski definition) is 1. The van der Waals surface area contributed by atoms with E-state index in [-0.39, 0.29) is 25.7 Å². The lowest BCUT2D eigenvalue weighted by atomic mass is 9.94. The molecule has 2 aliphatic rings. The van der Waals surface area contributed by atoms with Crippen LogP contribution in [0, 0.1) is 5.92 Å². The van der Waals surface area contributed by atoms with Crippen LogP contribution < -0.4 is 5.32 Å². The number of fused-ring (bicyclic) bond motifs is 2. The molecule has 1 aliphatic heterocycles. The summed E-state index contributed by atoms with van der Waals surface area (Å²) in [6, 6.07) is 7.37. The van der Waals surface area contributed by atoms with Crippen LogP contribution in [0.2, 0.25) is 0 Å². The van der Waals surface area contributed by atoms with E-state index in [9.17, 15) is 9.18 Å². The Kier molecular flexibility index (Phi) is 7.42. The van der Waals surface area contributed by atoms with Gasteiger partial charge in [-0.3, -0.25) is 19.8 Å². The lowest BCUT2D eigenvalue weighted by Crippen LogP contribution is -2.31. The van der Waals surface area contributed by atoms with E-state index in [1.54, 1.807) is 12.3 Å². The van der Waals surface area contributed by atoms with E-state index in [4.69, 9.17) is 9.72 Å². The quantitative estimate of drug-likeness (QED) is 0.382. The van der Waals surface area contributed by atoms with Gasteiger partial charge in [0, 0.05) is 35.8 Å². The number of carbonyl (C=O) groups excluding carboxylic acids is 1. The number of alkyl halides is 1. The second-order valence-electron chi connectivity index (χ2n) is 10.1. The Balaban J connectivity index is 1.28. The lowest BCUT2D eigenvalue weighted by molar-refractivity contribution is -0.00692. The van der Waals surface area contributed by atoms with Crippen molar-refractivity contribution in [2.45, 2.75) is 58.9 Å². The molecule has 1 fully saturated rings. The predicted molar refractivity (Wildman–Crippen MR) is 146 cm³/mol. The van der Waals surface area contributed by atoms with Crippen LogP contribution >= 0.6 is 0 Å². The fourth-order valence-electron chi connectivity index (χ4n) is 4.53. The zero-order chi connectivity index (χ0) is 26.7. The van der Waals surface area contributed by atoms with Crippen molar-refractivity contribution in [3.05, 3.63) is 82.7 Å². The molecule has 1 atom stereocenters. The Bertz CT molecular complexity index is 1460. The Morgan fingerprint density at radius 3 is 2.89 bits per heavy atom. The summed E-state index contributed by atoms with van der Waals surface area (Å²) in [5.74, 6) is 0.324. The van der Waals surface area contributed by atoms with Crippen LogP contribution in [0.4, 0.5) is 4.39 Å². The Morgan fingerprint density at radius 1 is 1.26 bits per heavy atom. The molecule has 38 heavy (non-hydrogen) atoms. The number of halogens is 1. The van der Waals surface area contributed by atoms with Gasteiger partial charge in [-0.2, -0.15) is 0 Å². The van der Waals surface area contributed by atoms with E-state index >= 15 is 0 Å². The van der Waals surface area contributed by atoms with E-state index in [0.717, 1.165) is 28.6 Å². The molecule has 0 unspecified atom stereocenters. The first-order chi connectivity index (χ1) is 18.3. The highest BCUT2D eigenvalue weighted by atomic mass is 19.1. The molecule has 4 heterocycles. The topological polar surface area (TPSA) is 89.4 Å². The maximum absolute atomic E-state index is 14.8. The number of ether oxygens (including phenoxy) is 1. The van der Waals surface area contributed by atoms with E-state index in [1.165, 1.54) is 31.5 Å². The van der Waals surface area contributed by atoms with Crippen LogP contribution in [0.5, 0.6) is 0 Å². The molecule has 1 saturated carbocycles. The van der Waals surface area contributed by atoms with E-state index < -0.39 is 5.67 Å². The third-order valence-corrected chi connectivity index (χ3v) is 6.85. The molecule has 8 heteroatoms. The minimum absolute atomic E-state index is 0.0544. The number of pyridine rings is 3. The van der Waals surface area contributed by atoms with Gasteiger partial charge < -0.3 is 10.1 Å². The molecule has 1 N–H and O–H groups in total. The highest BCUT2D eigenvalue weighted by Crippen LogP contribution is 2.36. The standard InChI is InChI=1S/C30H32FN5O2/c1-4-5-21(20-6-7-20)13-32-12-19(2)26-9-8-22-14-33-24(11-27(22)36-26)16-35-29(37)23-10-25-28(34-15-23)17-38-18-30(25,3)31/h5,8-15,20H,4,6-7,16-18H2,1-3H3,(H,35,37)/b19-12+,21-5-,32-13+/t30-/m1/s1. The first-order valence-corrected chi connectivity index (χ1v) is 13.0. The molecule has 0 radical (unpaired) electrons. The van der Waals surface area contributed by atoms with Crippen LogP contribution in [0.3, 0.4) is 0 Å². The van der Waals surface area contributed by atoms with Gasteiger partial charge in [-0.05, 0) is 74.4 Å². The number of nitrogens with zero attached hydrogens (tertiary/aromatic N) is 4. The molecule has 0 saturated heterocycles. The summed E-state index contributed by atoms with van der Waals surface area (Å²) >= 11 is 0. The summed E-state index contributed by atoms with van der Waals surface area (Å²) in [5, 5.41) is 3.76. The molecule has 0 spiro atoms. The van der Waals surface area contributed by atoms with Gasteiger partial charge in [0.15, 0.2) is 5.67 Å². The van der Waals surface area contributed by atoms with E-state index in [1.807, 2.05) is 37.5 Å². The van der Waals surface area contributed by atoms with Gasteiger partial charge in [0.1, 0.15) is 0 Å². The number of nitrogens with one attached hydrogen (secondary N) is 1. The summed E-state index contributed by atoms with van der Waals surface area (Å²) in [4.78, 5) is 30.8. The highest BCUT2D eigenvalue weighted by molar-refractivity contribution is 5.94. The van der Waals surface area contributed by atoms with Crippen molar-refractivity contribution in [3.8, 4) is 0 Å². The van der Waals surface area contributed by atoms with Crippen molar-refractivity contribution < 1.29 is 13.9 Å². The zero-order valence-corrected chi connectivity index (χ0v) is 22.0. The van der Waals surface area contributed by atoms with Crippen LogP contribution in [-0.4, -0.2) is 33.7 Å². The number of amides is 1. The van der Waals surface area contributed by atoms with Crippen LogP contribution in [-0.2, 0) is 23.6 Å². The second kappa shape index (κ2) is 10.9. The van der Waals surface area contributed by atoms with Gasteiger partial charge in [-0.1, -0.05) is 13.0 Å². The monoisotopic (exact) mass is 513 g/mol. The van der Waals surface area contributed by atoms with Gasteiger partial charge in [-0.15, -0.1) is 0 Å². The summed E-state index contributed by atoms with van der Waals surface area (Å²) < 4.78 is 20.1. The van der Waals surface area contributed by atoms with Crippen molar-refractivity contribution in [2.75, 3.05) is 6.61 Å². The number of hydrogen-bond acceptors (Lipinski definition) is 6. The second-order valence-corrected chi connectivity index (χ2v) is 10.1. The third-order valence-electron chi connectivity index (χ3n) is 6.85. The summed E-state index contributed by atoms with van der Waals surface area (Å²) in [6.07, 6.45) is 12.8. The molecule has 5 rings (SSSR count). The molecular weight excluding hydrogens is 481 g/mol. The average molecular weight is 514 g/mol. The average Bonchev–Trinajstić information content (AvgIpc) is 3.76. The first kappa shape index (κ1) is 25.9. The molecule has 0 aromatic carbocycles.